The number of nitrogens with zero attached hydrogens (tertiary/aromatic N) is 3. The molecular weight excluding hydrogens is 278 g/mol. The molecule has 1 aromatic heterocycles. The summed E-state index contributed by atoms with van der Waals surface area (Å²) in [7, 11) is 0. The highest BCUT2D eigenvalue weighted by Gasteiger charge is 2.36. The van der Waals surface area contributed by atoms with Crippen molar-refractivity contribution in [3.8, 4) is 0 Å². The van der Waals surface area contributed by atoms with E-state index in [1.54, 1.807) is 0 Å². The van der Waals surface area contributed by atoms with Gasteiger partial charge in [0.05, 0.1) is 0 Å². The average Bonchev–Trinajstić information content (AvgIpc) is 3.11. The summed E-state index contributed by atoms with van der Waals surface area (Å²) in [5, 5.41) is 4.15. The van der Waals surface area contributed by atoms with Gasteiger partial charge in [-0.15, -0.1) is 0 Å². The standard InChI is InChI=1S/C17H25N3O2/c21-17(13-6-3-4-7-13)20-11-5-1-2-8-14(20)16-18-15(19-22-16)12-9-10-12/h12-14H,1-11H2. The van der Waals surface area contributed by atoms with E-state index in [-0.39, 0.29) is 12.0 Å². The third-order valence-corrected chi connectivity index (χ3v) is 5.43. The van der Waals surface area contributed by atoms with Gasteiger partial charge in [-0.3, -0.25) is 4.79 Å². The number of hydrogen-bond acceptors (Lipinski definition) is 4. The summed E-state index contributed by atoms with van der Waals surface area (Å²) < 4.78 is 5.55. The van der Waals surface area contributed by atoms with Crippen molar-refractivity contribution in [3.05, 3.63) is 11.7 Å². The van der Waals surface area contributed by atoms with Crippen LogP contribution in [0.2, 0.25) is 0 Å². The van der Waals surface area contributed by atoms with Crippen LogP contribution in [-0.2, 0) is 4.79 Å². The van der Waals surface area contributed by atoms with E-state index in [2.05, 4.69) is 15.0 Å². The highest BCUT2D eigenvalue weighted by Crippen LogP contribution is 2.40. The molecule has 5 nitrogen and oxygen atoms in total. The van der Waals surface area contributed by atoms with E-state index in [1.807, 2.05) is 0 Å². The number of amides is 1. The van der Waals surface area contributed by atoms with Crippen molar-refractivity contribution in [1.29, 1.82) is 0 Å². The van der Waals surface area contributed by atoms with Crippen LogP contribution >= 0.6 is 0 Å². The molecule has 1 amide bonds. The van der Waals surface area contributed by atoms with Gasteiger partial charge < -0.3 is 9.42 Å². The predicted molar refractivity (Wildman–Crippen MR) is 81.2 cm³/mol. The zero-order valence-corrected chi connectivity index (χ0v) is 13.2. The molecule has 5 heteroatoms. The van der Waals surface area contributed by atoms with E-state index in [4.69, 9.17) is 4.52 Å². The molecule has 2 saturated carbocycles. The quantitative estimate of drug-likeness (QED) is 0.856. The molecule has 22 heavy (non-hydrogen) atoms. The van der Waals surface area contributed by atoms with Crippen molar-refractivity contribution in [2.75, 3.05) is 6.54 Å². The molecule has 1 atom stereocenters. The minimum atomic E-state index is 0.00981. The molecule has 2 aliphatic carbocycles. The molecule has 1 aliphatic heterocycles. The molecular formula is C17H25N3O2. The Labute approximate surface area is 131 Å². The van der Waals surface area contributed by atoms with Crippen molar-refractivity contribution in [2.24, 2.45) is 5.92 Å². The first-order chi connectivity index (χ1) is 10.8. The lowest BCUT2D eigenvalue weighted by Gasteiger charge is -2.29. The minimum absolute atomic E-state index is 0.00981. The van der Waals surface area contributed by atoms with Crippen LogP contribution in [0.1, 0.15) is 87.9 Å². The first-order valence-electron chi connectivity index (χ1n) is 8.97. The number of likely N-dealkylation sites (tertiary alicyclic amines) is 1. The van der Waals surface area contributed by atoms with Gasteiger partial charge in [0.15, 0.2) is 5.82 Å². The number of hydrogen-bond donors (Lipinski definition) is 0. The van der Waals surface area contributed by atoms with Gasteiger partial charge in [-0.05, 0) is 38.5 Å². The van der Waals surface area contributed by atoms with Crippen LogP contribution in [-0.4, -0.2) is 27.5 Å². The molecule has 120 valence electrons. The molecule has 3 aliphatic rings. The van der Waals surface area contributed by atoms with E-state index in [0.29, 0.717) is 17.7 Å². The smallest absolute Gasteiger partial charge is 0.249 e. The second-order valence-electron chi connectivity index (χ2n) is 7.14. The second-order valence-corrected chi connectivity index (χ2v) is 7.14. The lowest BCUT2D eigenvalue weighted by Crippen LogP contribution is -2.38. The van der Waals surface area contributed by atoms with Gasteiger partial charge in [0.2, 0.25) is 11.8 Å². The highest BCUT2D eigenvalue weighted by atomic mass is 16.5. The summed E-state index contributed by atoms with van der Waals surface area (Å²) in [6.07, 6.45) is 11.2. The summed E-state index contributed by atoms with van der Waals surface area (Å²) in [6, 6.07) is 0.00981. The Kier molecular flexibility index (Phi) is 3.89. The van der Waals surface area contributed by atoms with Crippen LogP contribution < -0.4 is 0 Å². The van der Waals surface area contributed by atoms with Gasteiger partial charge >= 0.3 is 0 Å². The average molecular weight is 303 g/mol. The fourth-order valence-corrected chi connectivity index (χ4v) is 3.93. The third kappa shape index (κ3) is 2.77. The lowest BCUT2D eigenvalue weighted by atomic mass is 10.0. The number of rotatable bonds is 3. The normalized spacial score (nSPS) is 27.1. The summed E-state index contributed by atoms with van der Waals surface area (Å²) in [4.78, 5) is 19.6. The van der Waals surface area contributed by atoms with E-state index in [0.717, 1.165) is 44.5 Å². The van der Waals surface area contributed by atoms with E-state index >= 15 is 0 Å². The van der Waals surface area contributed by atoms with Crippen molar-refractivity contribution < 1.29 is 9.32 Å². The van der Waals surface area contributed by atoms with Crippen molar-refractivity contribution >= 4 is 5.91 Å². The molecule has 0 bridgehead atoms. The van der Waals surface area contributed by atoms with Crippen LogP contribution in [0, 0.1) is 5.92 Å². The fourth-order valence-electron chi connectivity index (χ4n) is 3.93. The molecule has 0 N–H and O–H groups in total. The molecule has 1 aromatic rings. The van der Waals surface area contributed by atoms with Gasteiger partial charge in [-0.25, -0.2) is 0 Å². The topological polar surface area (TPSA) is 59.2 Å². The molecule has 1 unspecified atom stereocenters. The molecule has 0 radical (unpaired) electrons. The molecule has 0 aromatic carbocycles. The largest absolute Gasteiger partial charge is 0.337 e. The van der Waals surface area contributed by atoms with Crippen LogP contribution in [0.3, 0.4) is 0 Å². The van der Waals surface area contributed by atoms with E-state index < -0.39 is 0 Å². The maximum Gasteiger partial charge on any atom is 0.249 e. The van der Waals surface area contributed by atoms with Gasteiger partial charge in [-0.2, -0.15) is 4.98 Å². The zero-order chi connectivity index (χ0) is 14.9. The second kappa shape index (κ2) is 6.01. The van der Waals surface area contributed by atoms with E-state index in [1.165, 1.54) is 32.1 Å². The number of carbonyl (C=O) groups is 1. The van der Waals surface area contributed by atoms with Gasteiger partial charge in [0.25, 0.3) is 0 Å². The zero-order valence-electron chi connectivity index (χ0n) is 13.2. The summed E-state index contributed by atoms with van der Waals surface area (Å²) in [5.74, 6) is 2.59. The van der Waals surface area contributed by atoms with Crippen molar-refractivity contribution in [2.45, 2.75) is 76.2 Å². The van der Waals surface area contributed by atoms with Crippen LogP contribution in [0.25, 0.3) is 0 Å². The Bertz CT molecular complexity index is 532. The first-order valence-corrected chi connectivity index (χ1v) is 8.97. The molecule has 0 spiro atoms. The molecule has 3 fully saturated rings. The fraction of sp³-hybridized carbons (Fsp3) is 0.824. The lowest BCUT2D eigenvalue weighted by molar-refractivity contribution is -0.138. The van der Waals surface area contributed by atoms with E-state index in [9.17, 15) is 4.79 Å². The summed E-state index contributed by atoms with van der Waals surface area (Å²) in [6.45, 7) is 0.848. The van der Waals surface area contributed by atoms with Gasteiger partial charge in [0.1, 0.15) is 6.04 Å². The van der Waals surface area contributed by atoms with Gasteiger partial charge in [0, 0.05) is 18.4 Å². The van der Waals surface area contributed by atoms with Gasteiger partial charge in [-0.1, -0.05) is 30.8 Å². The Balaban J connectivity index is 1.56. The Morgan fingerprint density at radius 2 is 1.77 bits per heavy atom. The Hall–Kier alpha value is -1.39. The first kappa shape index (κ1) is 14.2. The molecule has 4 rings (SSSR count). The third-order valence-electron chi connectivity index (χ3n) is 5.43. The number of aromatic nitrogens is 2. The highest BCUT2D eigenvalue weighted by molar-refractivity contribution is 5.79. The van der Waals surface area contributed by atoms with Crippen LogP contribution in [0.4, 0.5) is 0 Å². The minimum Gasteiger partial charge on any atom is -0.337 e. The number of carbonyl (C=O) groups excluding carboxylic acids is 1. The van der Waals surface area contributed by atoms with Crippen molar-refractivity contribution in [3.63, 3.8) is 0 Å². The molecule has 2 heterocycles. The van der Waals surface area contributed by atoms with Crippen molar-refractivity contribution in [1.82, 2.24) is 15.0 Å². The van der Waals surface area contributed by atoms with Crippen LogP contribution in [0.5, 0.6) is 0 Å². The molecule has 1 saturated heterocycles. The predicted octanol–water partition coefficient (Wildman–Crippen LogP) is 3.58. The summed E-state index contributed by atoms with van der Waals surface area (Å²) >= 11 is 0. The SMILES string of the molecule is O=C(C1CCCC1)N1CCCCCC1c1nc(C2CC2)no1. The maximum absolute atomic E-state index is 12.9. The monoisotopic (exact) mass is 303 g/mol. The Morgan fingerprint density at radius 1 is 1.00 bits per heavy atom. The van der Waals surface area contributed by atoms with Crippen LogP contribution in [0.15, 0.2) is 4.52 Å². The Morgan fingerprint density at radius 3 is 2.55 bits per heavy atom. The maximum atomic E-state index is 12.9. The summed E-state index contributed by atoms with van der Waals surface area (Å²) in [5.41, 5.74) is 0.